The Morgan fingerprint density at radius 3 is 1.81 bits per heavy atom. The van der Waals surface area contributed by atoms with Gasteiger partial charge in [-0.3, -0.25) is 19.4 Å². The van der Waals surface area contributed by atoms with Gasteiger partial charge in [-0.15, -0.1) is 0 Å². The van der Waals surface area contributed by atoms with Gasteiger partial charge >= 0.3 is 0 Å². The normalized spacial score (nSPS) is 22.7. The van der Waals surface area contributed by atoms with E-state index in [2.05, 4.69) is 81.1 Å². The molecule has 48 heavy (non-hydrogen) atoms. The molecular formula is C39H49Cl2N5O2. The van der Waals surface area contributed by atoms with Gasteiger partial charge in [-0.2, -0.15) is 0 Å². The number of benzene rings is 3. The first kappa shape index (κ1) is 34.9. The van der Waals surface area contributed by atoms with Crippen LogP contribution in [0.1, 0.15) is 71.8 Å². The topological polar surface area (TPSA) is 67.9 Å². The Morgan fingerprint density at radius 1 is 0.688 bits per heavy atom. The van der Waals surface area contributed by atoms with E-state index in [4.69, 9.17) is 23.2 Å². The fourth-order valence-corrected chi connectivity index (χ4v) is 8.17. The molecule has 4 saturated heterocycles. The summed E-state index contributed by atoms with van der Waals surface area (Å²) in [5.74, 6) is 1.05. The molecule has 7 nitrogen and oxygen atoms in total. The molecule has 2 atom stereocenters. The van der Waals surface area contributed by atoms with E-state index in [1.54, 1.807) is 12.1 Å². The monoisotopic (exact) mass is 689 g/mol. The quantitative estimate of drug-likeness (QED) is 0.299. The van der Waals surface area contributed by atoms with Crippen LogP contribution in [0, 0.1) is 0 Å². The van der Waals surface area contributed by atoms with E-state index in [9.17, 15) is 9.59 Å². The van der Waals surface area contributed by atoms with Gasteiger partial charge < -0.3 is 15.5 Å². The fourth-order valence-electron chi connectivity index (χ4n) is 7.87. The first-order valence-corrected chi connectivity index (χ1v) is 18.5. The molecule has 0 bridgehead atoms. The van der Waals surface area contributed by atoms with Gasteiger partial charge in [0, 0.05) is 37.3 Å². The summed E-state index contributed by atoms with van der Waals surface area (Å²) in [6, 6.07) is 27.7. The Hall–Kier alpha value is -2.94. The van der Waals surface area contributed by atoms with Gasteiger partial charge in [0.05, 0.1) is 16.6 Å². The van der Waals surface area contributed by atoms with Crippen molar-refractivity contribution in [1.82, 2.24) is 25.3 Å². The molecule has 2 N–H and O–H groups in total. The van der Waals surface area contributed by atoms with Gasteiger partial charge in [0.15, 0.2) is 0 Å². The number of nitrogens with zero attached hydrogens (tertiary/aromatic N) is 3. The summed E-state index contributed by atoms with van der Waals surface area (Å²) in [5.41, 5.74) is 3.36. The molecule has 2 unspecified atom stereocenters. The van der Waals surface area contributed by atoms with Gasteiger partial charge in [0.2, 0.25) is 5.91 Å². The minimum Gasteiger partial charge on any atom is -0.343 e. The third kappa shape index (κ3) is 9.19. The molecule has 4 fully saturated rings. The number of piperidine rings is 2. The lowest BCUT2D eigenvalue weighted by Gasteiger charge is -2.36. The zero-order chi connectivity index (χ0) is 33.3. The van der Waals surface area contributed by atoms with E-state index >= 15 is 0 Å². The molecule has 0 aromatic heterocycles. The Labute approximate surface area is 296 Å². The number of carbonyl (C=O) groups is 2. The summed E-state index contributed by atoms with van der Waals surface area (Å²) in [7, 11) is 0. The molecule has 4 heterocycles. The molecular weight excluding hydrogens is 641 g/mol. The van der Waals surface area contributed by atoms with Crippen LogP contribution < -0.4 is 10.6 Å². The predicted molar refractivity (Wildman–Crippen MR) is 195 cm³/mol. The Balaban J connectivity index is 0.000000198. The molecule has 0 aliphatic carbocycles. The van der Waals surface area contributed by atoms with E-state index in [-0.39, 0.29) is 18.4 Å². The van der Waals surface area contributed by atoms with Crippen LogP contribution in [0.3, 0.4) is 0 Å². The average Bonchev–Trinajstić information content (AvgIpc) is 3.87. The van der Waals surface area contributed by atoms with Crippen molar-refractivity contribution in [2.75, 3.05) is 58.9 Å². The van der Waals surface area contributed by atoms with Crippen molar-refractivity contribution in [3.8, 4) is 0 Å². The summed E-state index contributed by atoms with van der Waals surface area (Å²) in [5, 5.41) is 6.88. The number of carbonyl (C=O) groups excluding carboxylic acids is 2. The second kappa shape index (κ2) is 17.1. The molecule has 0 radical (unpaired) electrons. The number of amides is 2. The highest BCUT2D eigenvalue weighted by molar-refractivity contribution is 6.42. The molecule has 0 spiro atoms. The number of rotatable bonds is 7. The standard InChI is InChI=1S/C24H27Cl2N3O2.C15H22N2/c25-21-7-6-19(14-22(21)26)24(31)27-15-23(30)29-13-10-20(16-29)28-11-8-18(9-12-28)17-4-2-1-3-5-17;1-2-4-13(5-3-1)14-7-10-17(11-8-14)15-6-9-16-12-15/h1-7,14,18,20H,8-13,15-16H2,(H,27,31);1-5,14-16H,6-12H2. The van der Waals surface area contributed by atoms with Gasteiger partial charge in [-0.25, -0.2) is 0 Å². The van der Waals surface area contributed by atoms with Gasteiger partial charge in [0.25, 0.3) is 5.91 Å². The Kier molecular flexibility index (Phi) is 12.5. The summed E-state index contributed by atoms with van der Waals surface area (Å²) >= 11 is 11.9. The second-order valence-corrected chi connectivity index (χ2v) is 14.5. The number of halogens is 2. The zero-order valence-electron chi connectivity index (χ0n) is 27.8. The third-order valence-corrected chi connectivity index (χ3v) is 11.5. The molecule has 4 aliphatic rings. The Morgan fingerprint density at radius 2 is 1.27 bits per heavy atom. The molecule has 9 heteroatoms. The first-order chi connectivity index (χ1) is 23.4. The van der Waals surface area contributed by atoms with Crippen molar-refractivity contribution >= 4 is 35.0 Å². The summed E-state index contributed by atoms with van der Waals surface area (Å²) in [6.45, 7) is 8.59. The molecule has 3 aromatic carbocycles. The number of nitrogens with one attached hydrogen (secondary N) is 2. The summed E-state index contributed by atoms with van der Waals surface area (Å²) in [6.07, 6.45) is 7.32. The number of hydrogen-bond donors (Lipinski definition) is 2. The van der Waals surface area contributed by atoms with Crippen molar-refractivity contribution < 1.29 is 9.59 Å². The van der Waals surface area contributed by atoms with Crippen molar-refractivity contribution in [2.45, 2.75) is 62.4 Å². The maximum absolute atomic E-state index is 12.6. The maximum atomic E-state index is 12.6. The van der Waals surface area contributed by atoms with Crippen molar-refractivity contribution in [3.05, 3.63) is 106 Å². The lowest BCUT2D eigenvalue weighted by atomic mass is 9.89. The molecule has 0 saturated carbocycles. The van der Waals surface area contributed by atoms with Crippen LogP contribution in [-0.2, 0) is 4.79 Å². The van der Waals surface area contributed by atoms with Crippen molar-refractivity contribution in [2.24, 2.45) is 0 Å². The van der Waals surface area contributed by atoms with Gasteiger partial charge in [0.1, 0.15) is 0 Å². The van der Waals surface area contributed by atoms with Crippen LogP contribution >= 0.6 is 23.2 Å². The highest BCUT2D eigenvalue weighted by atomic mass is 35.5. The van der Waals surface area contributed by atoms with Gasteiger partial charge in [-0.1, -0.05) is 83.9 Å². The number of likely N-dealkylation sites (tertiary alicyclic amines) is 3. The lowest BCUT2D eigenvalue weighted by molar-refractivity contribution is -0.129. The van der Waals surface area contributed by atoms with E-state index in [1.807, 2.05) is 4.90 Å². The number of hydrogen-bond acceptors (Lipinski definition) is 5. The van der Waals surface area contributed by atoms with Crippen molar-refractivity contribution in [1.29, 1.82) is 0 Å². The summed E-state index contributed by atoms with van der Waals surface area (Å²) in [4.78, 5) is 32.0. The molecule has 3 aromatic rings. The van der Waals surface area contributed by atoms with Crippen LogP contribution in [0.4, 0.5) is 0 Å². The van der Waals surface area contributed by atoms with E-state index in [0.29, 0.717) is 27.6 Å². The first-order valence-electron chi connectivity index (χ1n) is 17.7. The van der Waals surface area contributed by atoms with E-state index < -0.39 is 0 Å². The third-order valence-electron chi connectivity index (χ3n) is 10.8. The average molecular weight is 691 g/mol. The van der Waals surface area contributed by atoms with Crippen molar-refractivity contribution in [3.63, 3.8) is 0 Å². The largest absolute Gasteiger partial charge is 0.343 e. The van der Waals surface area contributed by atoms with Crippen LogP contribution in [0.25, 0.3) is 0 Å². The smallest absolute Gasteiger partial charge is 0.251 e. The maximum Gasteiger partial charge on any atom is 0.251 e. The SMILES string of the molecule is O=C(NCC(=O)N1CCC(N2CCC(c3ccccc3)CC2)C1)c1ccc(Cl)c(Cl)c1.c1ccc(C2CCN(C3CCNC3)CC2)cc1. The van der Waals surface area contributed by atoms with Gasteiger partial charge in [-0.05, 0) is 112 Å². The molecule has 2 amide bonds. The van der Waals surface area contributed by atoms with Crippen LogP contribution in [-0.4, -0.2) is 97.5 Å². The molecule has 4 aliphatic heterocycles. The van der Waals surface area contributed by atoms with E-state index in [1.165, 1.54) is 62.6 Å². The van der Waals surface area contributed by atoms with Crippen LogP contribution in [0.15, 0.2) is 78.9 Å². The minimum atomic E-state index is -0.328. The van der Waals surface area contributed by atoms with Crippen LogP contribution in [0.2, 0.25) is 10.0 Å². The summed E-state index contributed by atoms with van der Waals surface area (Å²) < 4.78 is 0. The molecule has 256 valence electrons. The molecule has 7 rings (SSSR count). The van der Waals surface area contributed by atoms with Crippen LogP contribution in [0.5, 0.6) is 0 Å². The lowest BCUT2D eigenvalue weighted by Crippen LogP contribution is -2.44. The Bertz CT molecular complexity index is 1470. The highest BCUT2D eigenvalue weighted by Gasteiger charge is 2.33. The predicted octanol–water partition coefficient (Wildman–Crippen LogP) is 6.43. The van der Waals surface area contributed by atoms with E-state index in [0.717, 1.165) is 57.4 Å². The zero-order valence-corrected chi connectivity index (χ0v) is 29.3. The fraction of sp³-hybridized carbons (Fsp3) is 0.487. The minimum absolute atomic E-state index is 0.0120. The highest BCUT2D eigenvalue weighted by Crippen LogP contribution is 2.31. The second-order valence-electron chi connectivity index (χ2n) is 13.7.